The fourth-order valence-electron chi connectivity index (χ4n) is 5.31. The van der Waals surface area contributed by atoms with E-state index >= 15 is 0 Å². The van der Waals surface area contributed by atoms with Gasteiger partial charge in [0, 0.05) is 30.1 Å². The second-order valence-electron chi connectivity index (χ2n) is 7.64. The highest BCUT2D eigenvalue weighted by atomic mass is 16.5. The number of ether oxygens (including phenoxy) is 1. The number of para-hydroxylation sites is 1. The maximum atomic E-state index is 12.8. The number of carbonyl (C=O) groups is 1. The van der Waals surface area contributed by atoms with Gasteiger partial charge < -0.3 is 9.64 Å². The molecular formula is C19H26N2O2. The molecule has 4 heteroatoms. The Kier molecular flexibility index (Phi) is 3.60. The van der Waals surface area contributed by atoms with Gasteiger partial charge in [0.15, 0.2) is 6.61 Å². The SMILES string of the molecule is CN1[C@@H]2CN(C(=O)COc3ccccc3)[C@@H]3CCC[C@H]1[C@]3(C)C2. The van der Waals surface area contributed by atoms with Crippen LogP contribution in [0.25, 0.3) is 0 Å². The Balaban J connectivity index is 1.49. The predicted octanol–water partition coefficient (Wildman–Crippen LogP) is 2.54. The van der Waals surface area contributed by atoms with E-state index in [1.807, 2.05) is 30.3 Å². The number of likely N-dealkylation sites (N-methyl/N-ethyl adjacent to an activating group) is 1. The molecule has 1 amide bonds. The van der Waals surface area contributed by atoms with Crippen LogP contribution in [0, 0.1) is 5.41 Å². The van der Waals surface area contributed by atoms with Crippen LogP contribution in [0.2, 0.25) is 0 Å². The minimum absolute atomic E-state index is 0.144. The summed E-state index contributed by atoms with van der Waals surface area (Å²) in [6.07, 6.45) is 4.89. The van der Waals surface area contributed by atoms with Gasteiger partial charge in [0.2, 0.25) is 0 Å². The maximum absolute atomic E-state index is 12.8. The number of piperidine rings is 1. The summed E-state index contributed by atoms with van der Waals surface area (Å²) in [4.78, 5) is 17.5. The normalized spacial score (nSPS) is 36.1. The number of nitrogens with zero attached hydrogens (tertiary/aromatic N) is 2. The average Bonchev–Trinajstić information content (AvgIpc) is 2.82. The van der Waals surface area contributed by atoms with Crippen molar-refractivity contribution in [3.8, 4) is 5.75 Å². The molecule has 1 aromatic carbocycles. The number of hydrogen-bond donors (Lipinski definition) is 0. The van der Waals surface area contributed by atoms with Gasteiger partial charge in [-0.1, -0.05) is 25.1 Å². The first-order chi connectivity index (χ1) is 11.1. The monoisotopic (exact) mass is 314 g/mol. The summed E-state index contributed by atoms with van der Waals surface area (Å²) in [7, 11) is 2.25. The molecule has 2 aliphatic heterocycles. The molecule has 1 saturated carbocycles. The molecule has 0 spiro atoms. The maximum Gasteiger partial charge on any atom is 0.260 e. The predicted molar refractivity (Wildman–Crippen MR) is 89.4 cm³/mol. The van der Waals surface area contributed by atoms with Gasteiger partial charge in [-0.25, -0.2) is 0 Å². The lowest BCUT2D eigenvalue weighted by atomic mass is 9.66. The first-order valence-corrected chi connectivity index (χ1v) is 8.79. The Bertz CT molecular complexity index is 590. The van der Waals surface area contributed by atoms with E-state index in [0.29, 0.717) is 18.1 Å². The van der Waals surface area contributed by atoms with Crippen molar-refractivity contribution in [3.05, 3.63) is 30.3 Å². The lowest BCUT2D eigenvalue weighted by Crippen LogP contribution is -2.58. The fraction of sp³-hybridized carbons (Fsp3) is 0.632. The first kappa shape index (κ1) is 15.0. The van der Waals surface area contributed by atoms with Crippen molar-refractivity contribution >= 4 is 5.91 Å². The van der Waals surface area contributed by atoms with E-state index in [4.69, 9.17) is 4.74 Å². The van der Waals surface area contributed by atoms with Crippen LogP contribution in [0.5, 0.6) is 5.75 Å². The van der Waals surface area contributed by atoms with E-state index in [1.165, 1.54) is 19.3 Å². The molecule has 4 rings (SSSR count). The summed E-state index contributed by atoms with van der Waals surface area (Å²) in [5.41, 5.74) is 0.262. The van der Waals surface area contributed by atoms with Crippen molar-refractivity contribution in [1.29, 1.82) is 0 Å². The van der Waals surface area contributed by atoms with Gasteiger partial charge >= 0.3 is 0 Å². The molecule has 0 aromatic heterocycles. The zero-order valence-electron chi connectivity index (χ0n) is 14.1. The van der Waals surface area contributed by atoms with Crippen molar-refractivity contribution in [1.82, 2.24) is 9.80 Å². The average molecular weight is 314 g/mol. The zero-order valence-corrected chi connectivity index (χ0v) is 14.1. The second kappa shape index (κ2) is 5.52. The number of hydrogen-bond acceptors (Lipinski definition) is 3. The summed E-state index contributed by atoms with van der Waals surface area (Å²) in [6, 6.07) is 11.2. The molecule has 3 fully saturated rings. The van der Waals surface area contributed by atoms with E-state index < -0.39 is 0 Å². The number of rotatable bonds is 3. The molecule has 23 heavy (non-hydrogen) atoms. The topological polar surface area (TPSA) is 32.8 Å². The van der Waals surface area contributed by atoms with Crippen LogP contribution < -0.4 is 4.74 Å². The van der Waals surface area contributed by atoms with Crippen LogP contribution in [0.4, 0.5) is 0 Å². The van der Waals surface area contributed by atoms with Gasteiger partial charge in [0.05, 0.1) is 0 Å². The summed E-state index contributed by atoms with van der Waals surface area (Å²) in [6.45, 7) is 3.41. The third-order valence-corrected chi connectivity index (χ3v) is 6.43. The third-order valence-electron chi connectivity index (χ3n) is 6.43. The highest BCUT2D eigenvalue weighted by molar-refractivity contribution is 5.78. The number of carbonyl (C=O) groups excluding carboxylic acids is 1. The van der Waals surface area contributed by atoms with E-state index in [9.17, 15) is 4.79 Å². The van der Waals surface area contributed by atoms with E-state index in [-0.39, 0.29) is 17.9 Å². The van der Waals surface area contributed by atoms with Crippen LogP contribution in [0.3, 0.4) is 0 Å². The van der Waals surface area contributed by atoms with Gasteiger partial charge in [-0.3, -0.25) is 9.69 Å². The van der Waals surface area contributed by atoms with E-state index in [1.54, 1.807) is 0 Å². The minimum Gasteiger partial charge on any atom is -0.484 e. The van der Waals surface area contributed by atoms with E-state index in [2.05, 4.69) is 23.8 Å². The van der Waals surface area contributed by atoms with Gasteiger partial charge in [0.25, 0.3) is 5.91 Å². The van der Waals surface area contributed by atoms with Crippen molar-refractivity contribution in [2.24, 2.45) is 5.41 Å². The van der Waals surface area contributed by atoms with E-state index in [0.717, 1.165) is 18.7 Å². The number of amides is 1. The molecule has 2 heterocycles. The lowest BCUT2D eigenvalue weighted by Gasteiger charge is -2.50. The van der Waals surface area contributed by atoms with Crippen molar-refractivity contribution < 1.29 is 9.53 Å². The smallest absolute Gasteiger partial charge is 0.260 e. The minimum atomic E-state index is 0.144. The summed E-state index contributed by atoms with van der Waals surface area (Å²) in [5.74, 6) is 0.913. The Morgan fingerprint density at radius 2 is 2.00 bits per heavy atom. The molecule has 3 aliphatic rings. The Morgan fingerprint density at radius 1 is 1.26 bits per heavy atom. The molecule has 4 atom stereocenters. The molecule has 4 nitrogen and oxygen atoms in total. The van der Waals surface area contributed by atoms with Crippen LogP contribution >= 0.6 is 0 Å². The van der Waals surface area contributed by atoms with Crippen LogP contribution in [-0.4, -0.2) is 54.0 Å². The molecule has 0 radical (unpaired) electrons. The highest BCUT2D eigenvalue weighted by Gasteiger charge is 2.59. The van der Waals surface area contributed by atoms with Crippen LogP contribution in [0.1, 0.15) is 32.6 Å². The molecule has 1 aromatic rings. The van der Waals surface area contributed by atoms with Gasteiger partial charge in [-0.2, -0.15) is 0 Å². The standard InChI is InChI=1S/C19H26N2O2/c1-19-11-14-12-21(17(19)10-6-9-16(19)20(14)2)18(22)13-23-15-7-4-3-5-8-15/h3-5,7-8,14,16-17H,6,9-13H2,1-2H3/t14-,16-,17+,19-/m0/s1. The molecular weight excluding hydrogens is 288 g/mol. The number of likely N-dealkylation sites (tertiary alicyclic amines) is 2. The molecule has 2 saturated heterocycles. The summed E-state index contributed by atoms with van der Waals surface area (Å²) in [5, 5.41) is 0. The largest absolute Gasteiger partial charge is 0.484 e. The molecule has 0 unspecified atom stereocenters. The molecule has 2 bridgehead atoms. The van der Waals surface area contributed by atoms with Crippen molar-refractivity contribution in [2.75, 3.05) is 20.2 Å². The number of fused-ring (bicyclic) bond motifs is 1. The Labute approximate surface area is 138 Å². The van der Waals surface area contributed by atoms with Crippen molar-refractivity contribution in [2.45, 2.75) is 50.7 Å². The quantitative estimate of drug-likeness (QED) is 0.859. The van der Waals surface area contributed by atoms with Gasteiger partial charge in [-0.15, -0.1) is 0 Å². The lowest BCUT2D eigenvalue weighted by molar-refractivity contribution is -0.142. The highest BCUT2D eigenvalue weighted by Crippen LogP contribution is 2.53. The second-order valence-corrected chi connectivity index (χ2v) is 7.64. The van der Waals surface area contributed by atoms with Gasteiger partial charge in [0.1, 0.15) is 5.75 Å². The molecule has 0 N–H and O–H groups in total. The molecule has 124 valence electrons. The zero-order chi connectivity index (χ0) is 16.0. The Hall–Kier alpha value is -1.55. The Morgan fingerprint density at radius 3 is 2.78 bits per heavy atom. The number of benzene rings is 1. The summed E-state index contributed by atoms with van der Waals surface area (Å²) >= 11 is 0. The molecule has 1 aliphatic carbocycles. The summed E-state index contributed by atoms with van der Waals surface area (Å²) < 4.78 is 5.70. The third kappa shape index (κ3) is 2.35. The van der Waals surface area contributed by atoms with Gasteiger partial charge in [-0.05, 0) is 44.9 Å². The van der Waals surface area contributed by atoms with Crippen LogP contribution in [-0.2, 0) is 4.79 Å². The fourth-order valence-corrected chi connectivity index (χ4v) is 5.31. The first-order valence-electron chi connectivity index (χ1n) is 8.79. The van der Waals surface area contributed by atoms with Crippen molar-refractivity contribution in [3.63, 3.8) is 0 Å². The van der Waals surface area contributed by atoms with Crippen LogP contribution in [0.15, 0.2) is 30.3 Å².